The first-order valence-electron chi connectivity index (χ1n) is 13.3. The largest absolute Gasteiger partial charge is 0.508 e. The Kier molecular flexibility index (Phi) is 5.52. The van der Waals surface area contributed by atoms with Crippen LogP contribution in [-0.4, -0.2) is 26.6 Å². The predicted molar refractivity (Wildman–Crippen MR) is 161 cm³/mol. The van der Waals surface area contributed by atoms with Crippen molar-refractivity contribution in [2.24, 2.45) is 9.98 Å². The number of aromatic hydroxyl groups is 1. The number of amidine groups is 2. The molecule has 5 aromatic rings. The van der Waals surface area contributed by atoms with E-state index in [-0.39, 0.29) is 11.8 Å². The summed E-state index contributed by atoms with van der Waals surface area (Å²) in [5, 5.41) is 19.1. The Labute approximate surface area is 232 Å². The Morgan fingerprint density at radius 2 is 1.60 bits per heavy atom. The van der Waals surface area contributed by atoms with Crippen molar-refractivity contribution in [3.8, 4) is 11.4 Å². The molecule has 0 unspecified atom stereocenters. The van der Waals surface area contributed by atoms with Gasteiger partial charge in [-0.2, -0.15) is 5.10 Å². The van der Waals surface area contributed by atoms with Crippen molar-refractivity contribution in [2.75, 3.05) is 10.2 Å². The molecular formula is C33H28N6O. The number of para-hydroxylation sites is 3. The van der Waals surface area contributed by atoms with E-state index in [1.807, 2.05) is 78.3 Å². The standard InChI is InChI=1S/C33H28N6O/c1-20-16-17-21(2)27(18-20)35-31-33-36-32-29(22(3)37-39(32)24-11-5-4-6-12-24)30(23-10-9-13-25(40)19-23)38(33)28-15-8-7-14-26(28)34-31/h4-19,30,40H,1-3H3,(H,34,35)/t30-/m1/s1. The zero-order valence-electron chi connectivity index (χ0n) is 22.5. The maximum atomic E-state index is 10.5. The number of aryl methyl sites for hydroxylation is 3. The molecule has 0 fully saturated rings. The second kappa shape index (κ2) is 9.24. The van der Waals surface area contributed by atoms with Gasteiger partial charge in [0.2, 0.25) is 0 Å². The molecule has 2 aliphatic heterocycles. The number of hydrogen-bond donors (Lipinski definition) is 2. The first-order chi connectivity index (χ1) is 19.5. The second-order valence-corrected chi connectivity index (χ2v) is 10.3. The van der Waals surface area contributed by atoms with Crippen LogP contribution in [0.1, 0.15) is 34.0 Å². The number of rotatable bonds is 3. The van der Waals surface area contributed by atoms with Crippen LogP contribution in [0.4, 0.5) is 22.9 Å². The lowest BCUT2D eigenvalue weighted by Crippen LogP contribution is -2.46. The molecule has 7 rings (SSSR count). The van der Waals surface area contributed by atoms with E-state index in [4.69, 9.17) is 15.1 Å². The molecule has 1 atom stereocenters. The molecule has 0 amide bonds. The molecule has 1 aromatic heterocycles. The lowest BCUT2D eigenvalue weighted by Gasteiger charge is -2.40. The zero-order valence-corrected chi connectivity index (χ0v) is 22.5. The number of fused-ring (bicyclic) bond motifs is 4. The molecule has 40 heavy (non-hydrogen) atoms. The van der Waals surface area contributed by atoms with Gasteiger partial charge in [-0.25, -0.2) is 14.7 Å². The highest BCUT2D eigenvalue weighted by molar-refractivity contribution is 6.51. The van der Waals surface area contributed by atoms with Gasteiger partial charge in [-0.1, -0.05) is 54.6 Å². The molecule has 0 saturated heterocycles. The van der Waals surface area contributed by atoms with Gasteiger partial charge in [-0.15, -0.1) is 0 Å². The van der Waals surface area contributed by atoms with Gasteiger partial charge in [-0.3, -0.25) is 0 Å². The van der Waals surface area contributed by atoms with Crippen molar-refractivity contribution >= 4 is 34.6 Å². The van der Waals surface area contributed by atoms with Gasteiger partial charge in [0.15, 0.2) is 17.5 Å². The average molecular weight is 525 g/mol. The van der Waals surface area contributed by atoms with E-state index in [1.165, 1.54) is 0 Å². The van der Waals surface area contributed by atoms with E-state index >= 15 is 0 Å². The smallest absolute Gasteiger partial charge is 0.179 e. The highest BCUT2D eigenvalue weighted by atomic mass is 16.3. The first kappa shape index (κ1) is 23.9. The molecular weight excluding hydrogens is 496 g/mol. The minimum atomic E-state index is -0.292. The summed E-state index contributed by atoms with van der Waals surface area (Å²) < 4.78 is 1.90. The minimum absolute atomic E-state index is 0.212. The quantitative estimate of drug-likeness (QED) is 0.260. The third-order valence-electron chi connectivity index (χ3n) is 7.47. The Balaban J connectivity index is 1.51. The molecule has 0 radical (unpaired) electrons. The van der Waals surface area contributed by atoms with Gasteiger partial charge >= 0.3 is 0 Å². The summed E-state index contributed by atoms with van der Waals surface area (Å²) >= 11 is 0. The van der Waals surface area contributed by atoms with E-state index in [9.17, 15) is 5.11 Å². The minimum Gasteiger partial charge on any atom is -0.508 e. The number of aliphatic imine (C=N–C) groups is 2. The van der Waals surface area contributed by atoms with Crippen molar-refractivity contribution in [3.05, 3.63) is 125 Å². The molecule has 2 aliphatic rings. The number of nitrogens with zero attached hydrogens (tertiary/aromatic N) is 5. The van der Waals surface area contributed by atoms with Crippen LogP contribution in [-0.2, 0) is 0 Å². The highest BCUT2D eigenvalue weighted by Crippen LogP contribution is 2.48. The summed E-state index contributed by atoms with van der Waals surface area (Å²) in [5.41, 5.74) is 8.77. The summed E-state index contributed by atoms with van der Waals surface area (Å²) in [6, 6.07) is 31.6. The first-order valence-corrected chi connectivity index (χ1v) is 13.3. The van der Waals surface area contributed by atoms with Crippen molar-refractivity contribution in [1.82, 2.24) is 9.78 Å². The normalized spacial score (nSPS) is 15.5. The van der Waals surface area contributed by atoms with Crippen LogP contribution in [0.15, 0.2) is 107 Å². The van der Waals surface area contributed by atoms with Crippen molar-refractivity contribution in [2.45, 2.75) is 26.8 Å². The third kappa shape index (κ3) is 3.86. The number of anilines is 2. The highest BCUT2D eigenvalue weighted by Gasteiger charge is 2.41. The predicted octanol–water partition coefficient (Wildman–Crippen LogP) is 7.30. The van der Waals surface area contributed by atoms with Gasteiger partial charge in [0.1, 0.15) is 5.75 Å². The van der Waals surface area contributed by atoms with Gasteiger partial charge in [0.05, 0.1) is 28.8 Å². The maximum Gasteiger partial charge on any atom is 0.179 e. The fourth-order valence-corrected chi connectivity index (χ4v) is 5.56. The maximum absolute atomic E-state index is 10.5. The summed E-state index contributed by atoms with van der Waals surface area (Å²) in [6.07, 6.45) is 0. The van der Waals surface area contributed by atoms with E-state index < -0.39 is 0 Å². The molecule has 0 spiro atoms. The molecule has 7 nitrogen and oxygen atoms in total. The second-order valence-electron chi connectivity index (χ2n) is 10.3. The van der Waals surface area contributed by atoms with Crippen LogP contribution < -0.4 is 10.2 Å². The molecule has 2 N–H and O–H groups in total. The number of phenols is 1. The number of benzene rings is 4. The molecule has 0 bridgehead atoms. The molecule has 3 heterocycles. The van der Waals surface area contributed by atoms with Crippen LogP contribution in [0.25, 0.3) is 5.69 Å². The van der Waals surface area contributed by atoms with Crippen molar-refractivity contribution in [1.29, 1.82) is 0 Å². The summed E-state index contributed by atoms with van der Waals surface area (Å²) in [5.74, 6) is 2.31. The Morgan fingerprint density at radius 1 is 0.800 bits per heavy atom. The van der Waals surface area contributed by atoms with Crippen LogP contribution >= 0.6 is 0 Å². The molecule has 4 aromatic carbocycles. The zero-order chi connectivity index (χ0) is 27.4. The average Bonchev–Trinajstić information content (AvgIpc) is 3.30. The van der Waals surface area contributed by atoms with Crippen molar-refractivity contribution < 1.29 is 5.11 Å². The van der Waals surface area contributed by atoms with Gasteiger partial charge in [0.25, 0.3) is 0 Å². The Hall–Kier alpha value is -5.17. The summed E-state index contributed by atoms with van der Waals surface area (Å²) in [4.78, 5) is 12.6. The van der Waals surface area contributed by atoms with Crippen LogP contribution in [0.3, 0.4) is 0 Å². The van der Waals surface area contributed by atoms with E-state index in [1.54, 1.807) is 6.07 Å². The molecule has 0 aliphatic carbocycles. The number of hydrogen-bond acceptors (Lipinski definition) is 6. The van der Waals surface area contributed by atoms with Crippen LogP contribution in [0, 0.1) is 20.8 Å². The Morgan fingerprint density at radius 3 is 2.42 bits per heavy atom. The van der Waals surface area contributed by atoms with E-state index in [0.717, 1.165) is 56.5 Å². The van der Waals surface area contributed by atoms with Crippen LogP contribution in [0.2, 0.25) is 0 Å². The third-order valence-corrected chi connectivity index (χ3v) is 7.47. The van der Waals surface area contributed by atoms with Gasteiger partial charge in [0, 0.05) is 11.3 Å². The van der Waals surface area contributed by atoms with Gasteiger partial charge < -0.3 is 15.3 Å². The summed E-state index contributed by atoms with van der Waals surface area (Å²) in [6.45, 7) is 6.19. The monoisotopic (exact) mass is 524 g/mol. The SMILES string of the molecule is Cc1ccc(C)c(NC2=Nc3ccccc3N3C2=Nc2c(c(C)nn2-c2ccccc2)[C@H]3c2cccc(O)c2)c1. The topological polar surface area (TPSA) is 78.0 Å². The number of phenolic OH excluding ortho intramolecular Hbond substituents is 1. The fourth-order valence-electron chi connectivity index (χ4n) is 5.56. The molecule has 196 valence electrons. The fraction of sp³-hybridized carbons (Fsp3) is 0.121. The van der Waals surface area contributed by atoms with E-state index in [0.29, 0.717) is 11.7 Å². The Bertz CT molecular complexity index is 1840. The lowest BCUT2D eigenvalue weighted by atomic mass is 9.93. The van der Waals surface area contributed by atoms with Gasteiger partial charge in [-0.05, 0) is 79.9 Å². The number of nitrogens with one attached hydrogen (secondary N) is 1. The van der Waals surface area contributed by atoms with Crippen LogP contribution in [0.5, 0.6) is 5.75 Å². The lowest BCUT2D eigenvalue weighted by molar-refractivity contribution is 0.474. The number of aromatic nitrogens is 2. The molecule has 7 heteroatoms. The summed E-state index contributed by atoms with van der Waals surface area (Å²) in [7, 11) is 0. The molecule has 0 saturated carbocycles. The van der Waals surface area contributed by atoms with E-state index in [2.05, 4.69) is 48.3 Å². The van der Waals surface area contributed by atoms with Crippen molar-refractivity contribution in [3.63, 3.8) is 0 Å².